The Kier molecular flexibility index (Phi) is 6.24. The highest BCUT2D eigenvalue weighted by molar-refractivity contribution is 7.14. The van der Waals surface area contributed by atoms with Gasteiger partial charge < -0.3 is 9.84 Å². The van der Waals surface area contributed by atoms with Crippen molar-refractivity contribution in [3.8, 4) is 5.75 Å². The number of ether oxygens (including phenoxy) is 1. The van der Waals surface area contributed by atoms with Gasteiger partial charge in [0.15, 0.2) is 6.61 Å². The predicted octanol–water partition coefficient (Wildman–Crippen LogP) is 3.49. The summed E-state index contributed by atoms with van der Waals surface area (Å²) in [6.45, 7) is 1.78. The summed E-state index contributed by atoms with van der Waals surface area (Å²) >= 11 is 1.54. The first kappa shape index (κ1) is 19.1. The summed E-state index contributed by atoms with van der Waals surface area (Å²) in [6, 6.07) is 8.91. The van der Waals surface area contributed by atoms with Gasteiger partial charge in [0.2, 0.25) is 0 Å². The van der Waals surface area contributed by atoms with Crippen LogP contribution < -0.4 is 10.2 Å². The number of hydrazone groups is 1. The second-order valence-electron chi connectivity index (χ2n) is 6.50. The molecule has 0 radical (unpaired) electrons. The number of carboxylic acid groups (broad SMARTS) is 1. The van der Waals surface area contributed by atoms with E-state index in [1.54, 1.807) is 35.6 Å². The molecule has 1 aliphatic carbocycles. The van der Waals surface area contributed by atoms with Crippen LogP contribution in [-0.2, 0) is 17.6 Å². The molecule has 2 N–H and O–H groups in total. The predicted molar refractivity (Wildman–Crippen MR) is 105 cm³/mol. The summed E-state index contributed by atoms with van der Waals surface area (Å²) in [5.74, 6) is -0.178. The Balaban J connectivity index is 1.63. The van der Waals surface area contributed by atoms with Gasteiger partial charge in [-0.05, 0) is 48.9 Å². The largest absolute Gasteiger partial charge is 0.481 e. The van der Waals surface area contributed by atoms with Gasteiger partial charge in [0.05, 0.1) is 11.1 Å². The number of nitrogens with zero attached hydrogens (tertiary/aromatic N) is 1. The molecule has 0 unspecified atom stereocenters. The van der Waals surface area contributed by atoms with Crippen molar-refractivity contribution in [3.63, 3.8) is 0 Å². The maximum Gasteiger partial charge on any atom is 0.341 e. The van der Waals surface area contributed by atoms with Crippen LogP contribution in [0.3, 0.4) is 0 Å². The van der Waals surface area contributed by atoms with Crippen LogP contribution in [0.4, 0.5) is 0 Å². The fraction of sp³-hybridized carbons (Fsp3) is 0.350. The highest BCUT2D eigenvalue weighted by atomic mass is 32.1. The van der Waals surface area contributed by atoms with Gasteiger partial charge in [-0.15, -0.1) is 11.3 Å². The molecule has 27 heavy (non-hydrogen) atoms. The van der Waals surface area contributed by atoms with Gasteiger partial charge in [0, 0.05) is 10.4 Å². The Morgan fingerprint density at radius 2 is 2.22 bits per heavy atom. The highest BCUT2D eigenvalue weighted by Crippen LogP contribution is 2.33. The molecule has 0 saturated heterocycles. The number of benzene rings is 1. The lowest BCUT2D eigenvalue weighted by Crippen LogP contribution is -2.16. The Bertz CT molecular complexity index is 859. The van der Waals surface area contributed by atoms with Crippen LogP contribution in [-0.4, -0.2) is 29.8 Å². The molecule has 2 aromatic rings. The standard InChI is InChI=1S/C20H22N2O4S/c1-2-13-7-8-17-15(9-13)10-18(27-17)20(25)22-21-11-14-5-3-4-6-16(14)26-12-19(23)24/h3-6,10-11,13H,2,7-9,12H2,1H3,(H,22,25)(H,23,24)/b21-11-/t13-/m1/s1. The molecule has 142 valence electrons. The molecule has 1 heterocycles. The molecule has 1 aliphatic rings. The summed E-state index contributed by atoms with van der Waals surface area (Å²) in [6.07, 6.45) is 5.91. The molecule has 7 heteroatoms. The van der Waals surface area contributed by atoms with E-state index in [1.807, 2.05) is 6.07 Å². The molecular weight excluding hydrogens is 364 g/mol. The zero-order valence-electron chi connectivity index (χ0n) is 15.1. The number of amides is 1. The van der Waals surface area contributed by atoms with E-state index < -0.39 is 12.6 Å². The lowest BCUT2D eigenvalue weighted by Gasteiger charge is -2.19. The van der Waals surface area contributed by atoms with Gasteiger partial charge in [-0.1, -0.05) is 25.5 Å². The normalized spacial score (nSPS) is 16.1. The molecule has 0 fully saturated rings. The van der Waals surface area contributed by atoms with Crippen molar-refractivity contribution < 1.29 is 19.4 Å². The minimum absolute atomic E-state index is 0.234. The summed E-state index contributed by atoms with van der Waals surface area (Å²) in [4.78, 5) is 25.0. The zero-order chi connectivity index (χ0) is 19.2. The second-order valence-corrected chi connectivity index (χ2v) is 7.63. The second kappa shape index (κ2) is 8.81. The average molecular weight is 386 g/mol. The van der Waals surface area contributed by atoms with Gasteiger partial charge in [0.1, 0.15) is 5.75 Å². The number of carbonyl (C=O) groups is 2. The van der Waals surface area contributed by atoms with E-state index in [0.29, 0.717) is 22.1 Å². The van der Waals surface area contributed by atoms with E-state index in [1.165, 1.54) is 29.5 Å². The van der Waals surface area contributed by atoms with E-state index in [9.17, 15) is 9.59 Å². The van der Waals surface area contributed by atoms with Crippen LogP contribution in [0.25, 0.3) is 0 Å². The minimum atomic E-state index is -1.05. The molecule has 1 aromatic carbocycles. The maximum absolute atomic E-state index is 12.4. The fourth-order valence-corrected chi connectivity index (χ4v) is 4.23. The zero-order valence-corrected chi connectivity index (χ0v) is 15.9. The van der Waals surface area contributed by atoms with E-state index >= 15 is 0 Å². The number of hydrogen-bond acceptors (Lipinski definition) is 5. The number of aryl methyl sites for hydroxylation is 1. The van der Waals surface area contributed by atoms with Crippen molar-refractivity contribution in [1.82, 2.24) is 5.43 Å². The summed E-state index contributed by atoms with van der Waals surface area (Å²) < 4.78 is 5.22. The summed E-state index contributed by atoms with van der Waals surface area (Å²) in [5, 5.41) is 12.7. The van der Waals surface area contributed by atoms with Crippen LogP contribution >= 0.6 is 11.3 Å². The van der Waals surface area contributed by atoms with Crippen LogP contribution in [0.5, 0.6) is 5.75 Å². The van der Waals surface area contributed by atoms with Crippen molar-refractivity contribution in [1.29, 1.82) is 0 Å². The Morgan fingerprint density at radius 3 is 3.00 bits per heavy atom. The third kappa shape index (κ3) is 4.95. The average Bonchev–Trinajstić information content (AvgIpc) is 3.10. The third-order valence-corrected chi connectivity index (χ3v) is 5.86. The number of rotatable bonds is 7. The van der Waals surface area contributed by atoms with Crippen LogP contribution in [0.2, 0.25) is 0 Å². The van der Waals surface area contributed by atoms with Crippen LogP contribution in [0, 0.1) is 5.92 Å². The lowest BCUT2D eigenvalue weighted by atomic mass is 9.87. The number of fused-ring (bicyclic) bond motifs is 1. The Hall–Kier alpha value is -2.67. The van der Waals surface area contributed by atoms with Crippen molar-refractivity contribution >= 4 is 29.4 Å². The third-order valence-electron chi connectivity index (χ3n) is 4.63. The van der Waals surface area contributed by atoms with Crippen molar-refractivity contribution in [2.45, 2.75) is 32.6 Å². The molecule has 6 nitrogen and oxygen atoms in total. The van der Waals surface area contributed by atoms with E-state index in [4.69, 9.17) is 9.84 Å². The number of thiophene rings is 1. The highest BCUT2D eigenvalue weighted by Gasteiger charge is 2.21. The molecule has 0 saturated carbocycles. The van der Waals surface area contributed by atoms with Gasteiger partial charge in [0.25, 0.3) is 5.91 Å². The number of nitrogens with one attached hydrogen (secondary N) is 1. The molecule has 0 aliphatic heterocycles. The van der Waals surface area contributed by atoms with Crippen LogP contribution in [0.15, 0.2) is 35.4 Å². The molecule has 3 rings (SSSR count). The molecule has 1 amide bonds. The van der Waals surface area contributed by atoms with Crippen molar-refractivity contribution in [3.05, 3.63) is 51.2 Å². The number of para-hydroxylation sites is 1. The molecule has 0 spiro atoms. The monoisotopic (exact) mass is 386 g/mol. The lowest BCUT2D eigenvalue weighted by molar-refractivity contribution is -0.139. The smallest absolute Gasteiger partial charge is 0.341 e. The first-order chi connectivity index (χ1) is 13.1. The minimum Gasteiger partial charge on any atom is -0.481 e. The van der Waals surface area contributed by atoms with E-state index in [2.05, 4.69) is 17.5 Å². The van der Waals surface area contributed by atoms with E-state index in [-0.39, 0.29) is 5.91 Å². The Labute approximate surface area is 161 Å². The maximum atomic E-state index is 12.4. The first-order valence-corrected chi connectivity index (χ1v) is 9.77. The molecular formula is C20H22N2O4S. The van der Waals surface area contributed by atoms with Crippen molar-refractivity contribution in [2.75, 3.05) is 6.61 Å². The van der Waals surface area contributed by atoms with Gasteiger partial charge in [-0.3, -0.25) is 4.79 Å². The Morgan fingerprint density at radius 1 is 1.41 bits per heavy atom. The SMILES string of the molecule is CC[C@@H]1CCc2sc(C(=O)N/N=C\c3ccccc3OCC(=O)O)cc2C1. The van der Waals surface area contributed by atoms with Gasteiger partial charge >= 0.3 is 5.97 Å². The number of hydrogen-bond donors (Lipinski definition) is 2. The fourth-order valence-electron chi connectivity index (χ4n) is 3.13. The topological polar surface area (TPSA) is 88.0 Å². The quantitative estimate of drug-likeness (QED) is 0.563. The number of carbonyl (C=O) groups excluding carboxylic acids is 1. The van der Waals surface area contributed by atoms with Gasteiger partial charge in [-0.25, -0.2) is 10.2 Å². The molecule has 1 aromatic heterocycles. The van der Waals surface area contributed by atoms with Crippen LogP contribution in [0.1, 0.15) is 45.4 Å². The summed E-state index contributed by atoms with van der Waals surface area (Å²) in [7, 11) is 0. The van der Waals surface area contributed by atoms with Gasteiger partial charge in [-0.2, -0.15) is 5.10 Å². The number of carboxylic acids is 1. The first-order valence-electron chi connectivity index (χ1n) is 8.95. The summed E-state index contributed by atoms with van der Waals surface area (Å²) in [5.41, 5.74) is 4.43. The molecule has 1 atom stereocenters. The molecule has 0 bridgehead atoms. The van der Waals surface area contributed by atoms with Crippen molar-refractivity contribution in [2.24, 2.45) is 11.0 Å². The number of aliphatic carboxylic acids is 1. The van der Waals surface area contributed by atoms with E-state index in [0.717, 1.165) is 12.8 Å².